The summed E-state index contributed by atoms with van der Waals surface area (Å²) in [6, 6.07) is 5.35. The van der Waals surface area contributed by atoms with Crippen LogP contribution in [0.3, 0.4) is 0 Å². The Hall–Kier alpha value is -1.55. The third-order valence-electron chi connectivity index (χ3n) is 2.71. The number of carbonyl (C=O) groups is 1. The molecule has 0 saturated carbocycles. The van der Waals surface area contributed by atoms with E-state index < -0.39 is 12.2 Å². The fourth-order valence-corrected chi connectivity index (χ4v) is 1.67. The Kier molecular flexibility index (Phi) is 2.83. The highest BCUT2D eigenvalue weighted by molar-refractivity contribution is 5.97. The van der Waals surface area contributed by atoms with Gasteiger partial charge in [-0.25, -0.2) is 0 Å². The Labute approximate surface area is 94.2 Å². The number of aliphatic hydroxyl groups is 1. The molecule has 0 saturated heterocycles. The molecule has 2 N–H and O–H groups in total. The molecule has 1 aromatic carbocycles. The molecule has 2 rings (SSSR count). The second-order valence-electron chi connectivity index (χ2n) is 3.93. The van der Waals surface area contributed by atoms with E-state index in [9.17, 15) is 9.90 Å². The van der Waals surface area contributed by atoms with Gasteiger partial charge in [0, 0.05) is 0 Å². The van der Waals surface area contributed by atoms with Crippen LogP contribution < -0.4 is 10.1 Å². The lowest BCUT2D eigenvalue weighted by atomic mass is 10.1. The Morgan fingerprint density at radius 1 is 1.56 bits per heavy atom. The van der Waals surface area contributed by atoms with Crippen LogP contribution >= 0.6 is 0 Å². The van der Waals surface area contributed by atoms with Crippen molar-refractivity contribution in [3.05, 3.63) is 23.8 Å². The van der Waals surface area contributed by atoms with Crippen LogP contribution in [0.1, 0.15) is 31.9 Å². The molecule has 1 amide bonds. The molecular weight excluding hydrogens is 206 g/mol. The number of hydrogen-bond donors (Lipinski definition) is 2. The number of carbonyl (C=O) groups excluding carboxylic acids is 1. The summed E-state index contributed by atoms with van der Waals surface area (Å²) >= 11 is 0. The Balaban J connectivity index is 2.32. The van der Waals surface area contributed by atoms with Crippen molar-refractivity contribution >= 4 is 11.6 Å². The van der Waals surface area contributed by atoms with Crippen molar-refractivity contribution in [2.45, 2.75) is 32.5 Å². The number of anilines is 1. The van der Waals surface area contributed by atoms with Gasteiger partial charge in [0.15, 0.2) is 6.10 Å². The van der Waals surface area contributed by atoms with Crippen molar-refractivity contribution in [2.24, 2.45) is 0 Å². The zero-order valence-electron chi connectivity index (χ0n) is 9.36. The standard InChI is InChI=1S/C12H15NO3/c1-3-10(14)8-4-5-11-9(6-8)13-12(15)7(2)16-11/h4-7,10,14H,3H2,1-2H3,(H,13,15)/t7?,10-/m0/s1. The second kappa shape index (κ2) is 4.14. The molecule has 4 heteroatoms. The van der Waals surface area contributed by atoms with E-state index in [-0.39, 0.29) is 5.91 Å². The topological polar surface area (TPSA) is 58.6 Å². The fraction of sp³-hybridized carbons (Fsp3) is 0.417. The predicted octanol–water partition coefficient (Wildman–Crippen LogP) is 1.85. The first kappa shape index (κ1) is 11.0. The highest BCUT2D eigenvalue weighted by atomic mass is 16.5. The summed E-state index contributed by atoms with van der Waals surface area (Å²) < 4.78 is 5.42. The van der Waals surface area contributed by atoms with Crippen molar-refractivity contribution in [1.82, 2.24) is 0 Å². The molecule has 0 bridgehead atoms. The van der Waals surface area contributed by atoms with Crippen molar-refractivity contribution < 1.29 is 14.6 Å². The molecule has 0 fully saturated rings. The maximum absolute atomic E-state index is 11.4. The van der Waals surface area contributed by atoms with E-state index >= 15 is 0 Å². The summed E-state index contributed by atoms with van der Waals surface area (Å²) in [5.41, 5.74) is 1.42. The summed E-state index contributed by atoms with van der Waals surface area (Å²) in [6.45, 7) is 3.61. The highest BCUT2D eigenvalue weighted by Gasteiger charge is 2.23. The van der Waals surface area contributed by atoms with Crippen LogP contribution in [0.4, 0.5) is 5.69 Å². The Bertz CT molecular complexity index is 417. The Morgan fingerprint density at radius 3 is 3.00 bits per heavy atom. The first-order valence-electron chi connectivity index (χ1n) is 5.41. The first-order valence-corrected chi connectivity index (χ1v) is 5.41. The molecular formula is C12H15NO3. The number of amides is 1. The zero-order valence-corrected chi connectivity index (χ0v) is 9.36. The molecule has 4 nitrogen and oxygen atoms in total. The highest BCUT2D eigenvalue weighted by Crippen LogP contribution is 2.32. The van der Waals surface area contributed by atoms with Crippen molar-refractivity contribution in [3.8, 4) is 5.75 Å². The van der Waals surface area contributed by atoms with E-state index in [0.29, 0.717) is 17.9 Å². The Morgan fingerprint density at radius 2 is 2.31 bits per heavy atom. The predicted molar refractivity (Wildman–Crippen MR) is 60.4 cm³/mol. The van der Waals surface area contributed by atoms with Crippen LogP contribution in [0.25, 0.3) is 0 Å². The molecule has 1 heterocycles. The molecule has 0 aromatic heterocycles. The summed E-state index contributed by atoms with van der Waals surface area (Å²) in [4.78, 5) is 11.4. The average molecular weight is 221 g/mol. The first-order chi connectivity index (χ1) is 7.61. The van der Waals surface area contributed by atoms with E-state index in [1.54, 1.807) is 19.1 Å². The number of nitrogens with one attached hydrogen (secondary N) is 1. The SMILES string of the molecule is CC[C@H](O)c1ccc2c(c1)NC(=O)C(C)O2. The number of aliphatic hydroxyl groups excluding tert-OH is 1. The monoisotopic (exact) mass is 221 g/mol. The molecule has 0 spiro atoms. The van der Waals surface area contributed by atoms with Gasteiger partial charge in [0.2, 0.25) is 0 Å². The molecule has 0 radical (unpaired) electrons. The number of hydrogen-bond acceptors (Lipinski definition) is 3. The summed E-state index contributed by atoms with van der Waals surface area (Å²) in [5, 5.41) is 12.4. The van der Waals surface area contributed by atoms with Crippen LogP contribution in [0.15, 0.2) is 18.2 Å². The van der Waals surface area contributed by atoms with Crippen molar-refractivity contribution in [3.63, 3.8) is 0 Å². The smallest absolute Gasteiger partial charge is 0.265 e. The van der Waals surface area contributed by atoms with Crippen LogP contribution in [0, 0.1) is 0 Å². The van der Waals surface area contributed by atoms with Gasteiger partial charge in [-0.05, 0) is 31.0 Å². The normalized spacial score (nSPS) is 20.7. The minimum Gasteiger partial charge on any atom is -0.479 e. The molecule has 16 heavy (non-hydrogen) atoms. The third kappa shape index (κ3) is 1.88. The van der Waals surface area contributed by atoms with E-state index in [2.05, 4.69) is 5.32 Å². The molecule has 1 aliphatic rings. The third-order valence-corrected chi connectivity index (χ3v) is 2.71. The number of ether oxygens (including phenoxy) is 1. The van der Waals surface area contributed by atoms with E-state index in [1.165, 1.54) is 0 Å². The largest absolute Gasteiger partial charge is 0.479 e. The second-order valence-corrected chi connectivity index (χ2v) is 3.93. The minimum atomic E-state index is -0.499. The molecule has 86 valence electrons. The maximum atomic E-state index is 11.4. The zero-order chi connectivity index (χ0) is 11.7. The molecule has 1 aromatic rings. The lowest BCUT2D eigenvalue weighted by Gasteiger charge is -2.24. The van der Waals surface area contributed by atoms with Crippen molar-refractivity contribution in [2.75, 3.05) is 5.32 Å². The van der Waals surface area contributed by atoms with Gasteiger partial charge in [0.1, 0.15) is 5.75 Å². The van der Waals surface area contributed by atoms with Gasteiger partial charge in [-0.3, -0.25) is 4.79 Å². The maximum Gasteiger partial charge on any atom is 0.265 e. The molecule has 2 atom stereocenters. The van der Waals surface area contributed by atoms with Crippen LogP contribution in [0.5, 0.6) is 5.75 Å². The van der Waals surface area contributed by atoms with Gasteiger partial charge < -0.3 is 15.2 Å². The van der Waals surface area contributed by atoms with Gasteiger partial charge in [-0.2, -0.15) is 0 Å². The van der Waals surface area contributed by atoms with Crippen LogP contribution in [-0.2, 0) is 4.79 Å². The van der Waals surface area contributed by atoms with Crippen LogP contribution in [-0.4, -0.2) is 17.1 Å². The summed E-state index contributed by atoms with van der Waals surface area (Å²) in [7, 11) is 0. The molecule has 1 unspecified atom stereocenters. The molecule has 1 aliphatic heterocycles. The van der Waals surface area contributed by atoms with Crippen molar-refractivity contribution in [1.29, 1.82) is 0 Å². The van der Waals surface area contributed by atoms with Crippen LogP contribution in [0.2, 0.25) is 0 Å². The van der Waals surface area contributed by atoms with Gasteiger partial charge in [-0.15, -0.1) is 0 Å². The summed E-state index contributed by atoms with van der Waals surface area (Å²) in [6.07, 6.45) is -0.319. The van der Waals surface area contributed by atoms with E-state index in [0.717, 1.165) is 5.56 Å². The molecule has 0 aliphatic carbocycles. The van der Waals surface area contributed by atoms with E-state index in [4.69, 9.17) is 4.74 Å². The summed E-state index contributed by atoms with van der Waals surface area (Å²) in [5.74, 6) is 0.495. The van der Waals surface area contributed by atoms with Gasteiger partial charge in [-0.1, -0.05) is 13.0 Å². The van der Waals surface area contributed by atoms with Gasteiger partial charge in [0.25, 0.3) is 5.91 Å². The van der Waals surface area contributed by atoms with Gasteiger partial charge >= 0.3 is 0 Å². The number of benzene rings is 1. The lowest BCUT2D eigenvalue weighted by Crippen LogP contribution is -2.34. The average Bonchev–Trinajstić information content (AvgIpc) is 2.29. The number of fused-ring (bicyclic) bond motifs is 1. The quantitative estimate of drug-likeness (QED) is 0.801. The van der Waals surface area contributed by atoms with E-state index in [1.807, 2.05) is 13.0 Å². The minimum absolute atomic E-state index is 0.157. The fourth-order valence-electron chi connectivity index (χ4n) is 1.67. The van der Waals surface area contributed by atoms with Gasteiger partial charge in [0.05, 0.1) is 11.8 Å². The number of rotatable bonds is 2. The lowest BCUT2D eigenvalue weighted by molar-refractivity contribution is -0.122.